The molecule has 206 valence electrons. The molecule has 0 aliphatic rings. The highest BCUT2D eigenvalue weighted by molar-refractivity contribution is 6.01. The van der Waals surface area contributed by atoms with Crippen LogP contribution in [0.2, 0.25) is 0 Å². The van der Waals surface area contributed by atoms with Crippen LogP contribution in [-0.4, -0.2) is 47.0 Å². The SMILES string of the molecule is Cc1ccc(C(=O)C(C)OC(=O)CCC(=O)Nc2ccc(C(=O)OCC(=O)c3cccc([N+](=O)[O-])c3)cc2)cc1. The van der Waals surface area contributed by atoms with Crippen LogP contribution in [-0.2, 0) is 19.1 Å². The first-order valence-corrected chi connectivity index (χ1v) is 12.2. The van der Waals surface area contributed by atoms with Crippen molar-refractivity contribution in [2.24, 2.45) is 0 Å². The summed E-state index contributed by atoms with van der Waals surface area (Å²) in [5.74, 6) is -2.92. The van der Waals surface area contributed by atoms with Crippen LogP contribution in [0.25, 0.3) is 0 Å². The Hall–Kier alpha value is -5.19. The summed E-state index contributed by atoms with van der Waals surface area (Å²) >= 11 is 0. The van der Waals surface area contributed by atoms with E-state index in [0.717, 1.165) is 11.6 Å². The van der Waals surface area contributed by atoms with Crippen molar-refractivity contribution < 1.29 is 38.4 Å². The van der Waals surface area contributed by atoms with Crippen LogP contribution in [0.3, 0.4) is 0 Å². The number of ether oxygens (including phenoxy) is 2. The fourth-order valence-electron chi connectivity index (χ4n) is 3.48. The lowest BCUT2D eigenvalue weighted by molar-refractivity contribution is -0.384. The Balaban J connectivity index is 1.42. The summed E-state index contributed by atoms with van der Waals surface area (Å²) in [7, 11) is 0. The molecule has 0 saturated carbocycles. The molecule has 11 nitrogen and oxygen atoms in total. The quantitative estimate of drug-likeness (QED) is 0.150. The highest BCUT2D eigenvalue weighted by atomic mass is 16.6. The third-order valence-electron chi connectivity index (χ3n) is 5.69. The van der Waals surface area contributed by atoms with Crippen molar-refractivity contribution in [1.29, 1.82) is 0 Å². The van der Waals surface area contributed by atoms with Gasteiger partial charge in [0.2, 0.25) is 17.5 Å². The Kier molecular flexibility index (Phi) is 9.95. The number of hydrogen-bond donors (Lipinski definition) is 1. The van der Waals surface area contributed by atoms with E-state index >= 15 is 0 Å². The van der Waals surface area contributed by atoms with Crippen LogP contribution in [0.4, 0.5) is 11.4 Å². The van der Waals surface area contributed by atoms with Crippen LogP contribution in [0.5, 0.6) is 0 Å². The summed E-state index contributed by atoms with van der Waals surface area (Å²) in [6, 6.07) is 17.6. The summed E-state index contributed by atoms with van der Waals surface area (Å²) in [5.41, 5.74) is 1.66. The largest absolute Gasteiger partial charge is 0.454 e. The normalized spacial score (nSPS) is 11.2. The van der Waals surface area contributed by atoms with E-state index in [1.54, 1.807) is 24.3 Å². The average Bonchev–Trinajstić information content (AvgIpc) is 2.95. The van der Waals surface area contributed by atoms with Gasteiger partial charge in [-0.15, -0.1) is 0 Å². The number of benzene rings is 3. The van der Waals surface area contributed by atoms with Crippen molar-refractivity contribution in [1.82, 2.24) is 0 Å². The fraction of sp³-hybridized carbons (Fsp3) is 0.207. The minimum absolute atomic E-state index is 0.0382. The maximum Gasteiger partial charge on any atom is 0.338 e. The molecular weight excluding hydrogens is 520 g/mol. The number of esters is 2. The molecule has 1 atom stereocenters. The van der Waals surface area contributed by atoms with Crippen LogP contribution in [0, 0.1) is 17.0 Å². The van der Waals surface area contributed by atoms with Gasteiger partial charge in [0.25, 0.3) is 5.69 Å². The van der Waals surface area contributed by atoms with E-state index in [0.29, 0.717) is 11.3 Å². The number of nitrogens with one attached hydrogen (secondary N) is 1. The van der Waals surface area contributed by atoms with E-state index < -0.39 is 41.3 Å². The monoisotopic (exact) mass is 546 g/mol. The number of amides is 1. The molecular formula is C29H26N2O9. The first-order valence-electron chi connectivity index (χ1n) is 12.2. The van der Waals surface area contributed by atoms with Gasteiger partial charge >= 0.3 is 11.9 Å². The summed E-state index contributed by atoms with van der Waals surface area (Å²) in [6.45, 7) is 2.75. The molecule has 3 aromatic carbocycles. The van der Waals surface area contributed by atoms with Crippen LogP contribution in [0.1, 0.15) is 56.4 Å². The zero-order chi connectivity index (χ0) is 29.2. The molecule has 0 saturated heterocycles. The number of rotatable bonds is 12. The number of aryl methyl sites for hydroxylation is 1. The molecule has 3 aromatic rings. The summed E-state index contributed by atoms with van der Waals surface area (Å²) in [5, 5.41) is 13.4. The number of Topliss-reactive ketones (excluding diaryl/α,β-unsaturated/α-hetero) is 2. The van der Waals surface area contributed by atoms with Crippen LogP contribution < -0.4 is 5.32 Å². The van der Waals surface area contributed by atoms with E-state index in [1.807, 2.05) is 6.92 Å². The van der Waals surface area contributed by atoms with E-state index in [-0.39, 0.29) is 35.4 Å². The Labute approximate surface area is 229 Å². The minimum Gasteiger partial charge on any atom is -0.454 e. The zero-order valence-electron chi connectivity index (χ0n) is 21.7. The number of nitro benzene ring substituents is 1. The van der Waals surface area contributed by atoms with Crippen molar-refractivity contribution in [2.45, 2.75) is 32.8 Å². The molecule has 40 heavy (non-hydrogen) atoms. The second kappa shape index (κ2) is 13.6. The van der Waals surface area contributed by atoms with Gasteiger partial charge in [-0.1, -0.05) is 42.0 Å². The zero-order valence-corrected chi connectivity index (χ0v) is 21.7. The van der Waals surface area contributed by atoms with Crippen molar-refractivity contribution >= 4 is 40.8 Å². The summed E-state index contributed by atoms with van der Waals surface area (Å²) in [4.78, 5) is 71.4. The molecule has 0 bridgehead atoms. The van der Waals surface area contributed by atoms with E-state index in [1.165, 1.54) is 49.4 Å². The predicted molar refractivity (Wildman–Crippen MR) is 143 cm³/mol. The van der Waals surface area contributed by atoms with E-state index in [4.69, 9.17) is 9.47 Å². The van der Waals surface area contributed by atoms with E-state index in [2.05, 4.69) is 5.32 Å². The number of nitro groups is 1. The number of non-ortho nitro benzene ring substituents is 1. The highest BCUT2D eigenvalue weighted by Crippen LogP contribution is 2.15. The number of anilines is 1. The standard InChI is InChI=1S/C29H26N2O9/c1-18-6-8-20(9-7-18)28(35)19(2)40-27(34)15-14-26(33)30-23-12-10-21(11-13-23)29(36)39-17-25(32)22-4-3-5-24(16-22)31(37)38/h3-13,16,19H,14-15,17H2,1-2H3,(H,30,33). The average molecular weight is 547 g/mol. The van der Waals surface area contributed by atoms with Crippen molar-refractivity contribution in [3.8, 4) is 0 Å². The second-order valence-corrected chi connectivity index (χ2v) is 8.79. The van der Waals surface area contributed by atoms with Crippen LogP contribution in [0.15, 0.2) is 72.8 Å². The van der Waals surface area contributed by atoms with Gasteiger partial charge < -0.3 is 14.8 Å². The number of hydrogen-bond acceptors (Lipinski definition) is 9. The molecule has 3 rings (SSSR count). The smallest absolute Gasteiger partial charge is 0.338 e. The van der Waals surface area contributed by atoms with Gasteiger partial charge in [0.15, 0.2) is 12.7 Å². The predicted octanol–water partition coefficient (Wildman–Crippen LogP) is 4.48. The summed E-state index contributed by atoms with van der Waals surface area (Å²) in [6.07, 6.45) is -1.42. The lowest BCUT2D eigenvalue weighted by Crippen LogP contribution is -2.25. The lowest BCUT2D eigenvalue weighted by Gasteiger charge is -2.12. The Morgan fingerprint density at radius 3 is 2.17 bits per heavy atom. The first kappa shape index (κ1) is 29.4. The first-order chi connectivity index (χ1) is 19.0. The minimum atomic E-state index is -0.993. The Morgan fingerprint density at radius 2 is 1.52 bits per heavy atom. The fourth-order valence-corrected chi connectivity index (χ4v) is 3.48. The molecule has 0 radical (unpaired) electrons. The molecule has 0 aliphatic carbocycles. The molecule has 0 aromatic heterocycles. The topological polar surface area (TPSA) is 159 Å². The number of nitrogens with zero attached hydrogens (tertiary/aromatic N) is 1. The van der Waals surface area contributed by atoms with Crippen molar-refractivity contribution in [2.75, 3.05) is 11.9 Å². The van der Waals surface area contributed by atoms with Gasteiger partial charge in [-0.05, 0) is 38.1 Å². The van der Waals surface area contributed by atoms with Gasteiger partial charge in [0.1, 0.15) is 0 Å². The Bertz CT molecular complexity index is 1430. The number of ketones is 2. The van der Waals surface area contributed by atoms with Crippen molar-refractivity contribution in [3.05, 3.63) is 105 Å². The third-order valence-corrected chi connectivity index (χ3v) is 5.69. The maximum absolute atomic E-state index is 12.4. The lowest BCUT2D eigenvalue weighted by atomic mass is 10.1. The van der Waals surface area contributed by atoms with Gasteiger partial charge in [-0.25, -0.2) is 4.79 Å². The molecule has 11 heteroatoms. The molecule has 1 amide bonds. The third kappa shape index (κ3) is 8.42. The molecule has 0 heterocycles. The Morgan fingerprint density at radius 1 is 0.875 bits per heavy atom. The van der Waals surface area contributed by atoms with Gasteiger partial charge in [0.05, 0.1) is 16.9 Å². The van der Waals surface area contributed by atoms with Gasteiger partial charge in [-0.3, -0.25) is 29.3 Å². The number of carbonyl (C=O) groups is 5. The maximum atomic E-state index is 12.4. The highest BCUT2D eigenvalue weighted by Gasteiger charge is 2.20. The second-order valence-electron chi connectivity index (χ2n) is 8.79. The van der Waals surface area contributed by atoms with Crippen molar-refractivity contribution in [3.63, 3.8) is 0 Å². The molecule has 1 unspecified atom stereocenters. The molecule has 0 spiro atoms. The number of carbonyl (C=O) groups excluding carboxylic acids is 5. The molecule has 0 fully saturated rings. The molecule has 1 N–H and O–H groups in total. The van der Waals surface area contributed by atoms with Crippen LogP contribution >= 0.6 is 0 Å². The van der Waals surface area contributed by atoms with Gasteiger partial charge in [-0.2, -0.15) is 0 Å². The van der Waals surface area contributed by atoms with Gasteiger partial charge in [0, 0.05) is 35.4 Å². The summed E-state index contributed by atoms with van der Waals surface area (Å²) < 4.78 is 10.1. The van der Waals surface area contributed by atoms with E-state index in [9.17, 15) is 34.1 Å². The molecule has 0 aliphatic heterocycles.